The first-order valence-electron chi connectivity index (χ1n) is 9.53. The monoisotopic (exact) mass is 429 g/mol. The lowest BCUT2D eigenvalue weighted by Crippen LogP contribution is -2.18. The van der Waals surface area contributed by atoms with Crippen molar-refractivity contribution in [1.82, 2.24) is 19.9 Å². The molecule has 3 heterocycles. The number of pyridine rings is 1. The van der Waals surface area contributed by atoms with Crippen LogP contribution in [0.5, 0.6) is 0 Å². The van der Waals surface area contributed by atoms with Crippen LogP contribution in [-0.4, -0.2) is 46.2 Å². The highest BCUT2D eigenvalue weighted by Crippen LogP contribution is 2.22. The van der Waals surface area contributed by atoms with E-state index in [1.54, 1.807) is 12.4 Å². The van der Waals surface area contributed by atoms with Crippen LogP contribution in [-0.2, 0) is 18.7 Å². The number of aryl methyl sites for hydroxylation is 1. The van der Waals surface area contributed by atoms with Crippen LogP contribution < -0.4 is 10.9 Å². The molecule has 3 aromatic rings. The molecule has 0 aliphatic carbocycles. The molecule has 0 aliphatic heterocycles. The average molecular weight is 430 g/mol. The van der Waals surface area contributed by atoms with Gasteiger partial charge in [-0.2, -0.15) is 11.8 Å². The largest absolute Gasteiger partial charge is 0.355 e. The molecule has 3 rings (SSSR count). The molecule has 0 atom stereocenters. The van der Waals surface area contributed by atoms with Crippen LogP contribution >= 0.6 is 23.1 Å². The number of aromatic nitrogens is 3. The highest BCUT2D eigenvalue weighted by atomic mass is 32.2. The lowest BCUT2D eigenvalue weighted by molar-refractivity contribution is 0.406. The van der Waals surface area contributed by atoms with Gasteiger partial charge in [0.1, 0.15) is 0 Å². The number of thiophene rings is 1. The Morgan fingerprint density at radius 3 is 2.69 bits per heavy atom. The summed E-state index contributed by atoms with van der Waals surface area (Å²) >= 11 is 3.75. The van der Waals surface area contributed by atoms with Crippen molar-refractivity contribution in [2.24, 2.45) is 0 Å². The van der Waals surface area contributed by atoms with Gasteiger partial charge >= 0.3 is 0 Å². The quantitative estimate of drug-likeness (QED) is 0.480. The molecule has 0 spiro atoms. The molecule has 3 aromatic heterocycles. The summed E-state index contributed by atoms with van der Waals surface area (Å²) in [5.41, 5.74) is 2.50. The van der Waals surface area contributed by atoms with Gasteiger partial charge in [0.05, 0.1) is 0 Å². The van der Waals surface area contributed by atoms with Gasteiger partial charge in [-0.25, -0.2) is 4.98 Å². The molecule has 0 saturated heterocycles. The van der Waals surface area contributed by atoms with Crippen molar-refractivity contribution in [3.05, 3.63) is 73.6 Å². The van der Waals surface area contributed by atoms with E-state index in [1.807, 2.05) is 42.2 Å². The van der Waals surface area contributed by atoms with Crippen molar-refractivity contribution >= 4 is 29.0 Å². The van der Waals surface area contributed by atoms with Gasteiger partial charge < -0.3 is 10.2 Å². The Balaban J connectivity index is 1.41. The Hall–Kier alpha value is -2.16. The molecule has 2 N–H and O–H groups in total. The molecule has 154 valence electrons. The van der Waals surface area contributed by atoms with E-state index < -0.39 is 0 Å². The summed E-state index contributed by atoms with van der Waals surface area (Å²) in [7, 11) is 4.18. The van der Waals surface area contributed by atoms with Gasteiger partial charge in [0.2, 0.25) is 5.95 Å². The molecule has 0 radical (unpaired) electrons. The van der Waals surface area contributed by atoms with Crippen molar-refractivity contribution in [2.75, 3.05) is 31.7 Å². The first-order valence-corrected chi connectivity index (χ1v) is 11.5. The van der Waals surface area contributed by atoms with E-state index in [0.717, 1.165) is 35.9 Å². The summed E-state index contributed by atoms with van der Waals surface area (Å²) in [6.07, 6.45) is 3.98. The minimum Gasteiger partial charge on any atom is -0.355 e. The minimum absolute atomic E-state index is 0.109. The first kappa shape index (κ1) is 21.5. The van der Waals surface area contributed by atoms with Gasteiger partial charge in [-0.1, -0.05) is 6.07 Å². The maximum atomic E-state index is 12.3. The van der Waals surface area contributed by atoms with Crippen LogP contribution in [0.25, 0.3) is 0 Å². The van der Waals surface area contributed by atoms with Crippen LogP contribution in [0, 0.1) is 6.92 Å². The Morgan fingerprint density at radius 2 is 1.97 bits per heavy atom. The lowest BCUT2D eigenvalue weighted by atomic mass is 10.1. The standard InChI is InChI=1S/C21H27N5OS2/c1-15-4-5-16(11-23-15)10-17-12-24-21(25-20(17)27)22-8-9-28-14-19-7-6-18(29-19)13-26(2)3/h4-7,11-12H,8-10,13-14H2,1-3H3,(H2,22,24,25,27). The van der Waals surface area contributed by atoms with E-state index in [2.05, 4.69) is 51.4 Å². The lowest BCUT2D eigenvalue weighted by Gasteiger charge is -2.07. The minimum atomic E-state index is -0.109. The molecule has 8 heteroatoms. The van der Waals surface area contributed by atoms with E-state index in [4.69, 9.17) is 0 Å². The van der Waals surface area contributed by atoms with E-state index in [-0.39, 0.29) is 5.56 Å². The average Bonchev–Trinajstić information content (AvgIpc) is 3.12. The second-order valence-electron chi connectivity index (χ2n) is 7.16. The third-order valence-electron chi connectivity index (χ3n) is 4.21. The van der Waals surface area contributed by atoms with Crippen LogP contribution in [0.4, 0.5) is 5.95 Å². The van der Waals surface area contributed by atoms with Crippen molar-refractivity contribution in [1.29, 1.82) is 0 Å². The third-order valence-corrected chi connectivity index (χ3v) is 6.47. The number of H-pyrrole nitrogens is 1. The number of anilines is 1. The number of nitrogens with one attached hydrogen (secondary N) is 2. The molecule has 0 amide bonds. The number of rotatable bonds is 10. The van der Waals surface area contributed by atoms with Gasteiger partial charge in [-0.05, 0) is 44.8 Å². The molecule has 0 fully saturated rings. The number of thioether (sulfide) groups is 1. The fourth-order valence-corrected chi connectivity index (χ4v) is 4.88. The third kappa shape index (κ3) is 6.99. The Bertz CT molecular complexity index is 966. The zero-order valence-electron chi connectivity index (χ0n) is 17.1. The topological polar surface area (TPSA) is 73.9 Å². The van der Waals surface area contributed by atoms with Gasteiger partial charge in [-0.3, -0.25) is 14.8 Å². The SMILES string of the molecule is Cc1ccc(Cc2cnc(NCCSCc3ccc(CN(C)C)s3)[nH]c2=O)cn1. The molecule has 0 aliphatic rings. The zero-order valence-corrected chi connectivity index (χ0v) is 18.7. The molecular formula is C21H27N5OS2. The summed E-state index contributed by atoms with van der Waals surface area (Å²) in [6, 6.07) is 8.36. The van der Waals surface area contributed by atoms with Gasteiger partial charge in [0.15, 0.2) is 0 Å². The highest BCUT2D eigenvalue weighted by Gasteiger charge is 2.05. The van der Waals surface area contributed by atoms with Crippen molar-refractivity contribution < 1.29 is 0 Å². The number of hydrogen-bond acceptors (Lipinski definition) is 7. The van der Waals surface area contributed by atoms with Crippen LogP contribution in [0.15, 0.2) is 41.5 Å². The fraction of sp³-hybridized carbons (Fsp3) is 0.381. The van der Waals surface area contributed by atoms with Crippen molar-refractivity contribution in [3.8, 4) is 0 Å². The number of hydrogen-bond donors (Lipinski definition) is 2. The van der Waals surface area contributed by atoms with Gasteiger partial charge in [0, 0.05) is 64.4 Å². The van der Waals surface area contributed by atoms with Crippen molar-refractivity contribution in [3.63, 3.8) is 0 Å². The second-order valence-corrected chi connectivity index (χ2v) is 9.51. The summed E-state index contributed by atoms with van der Waals surface area (Å²) in [4.78, 5) is 28.7. The second kappa shape index (κ2) is 10.6. The number of aromatic amines is 1. The molecule has 29 heavy (non-hydrogen) atoms. The smallest absolute Gasteiger partial charge is 0.255 e. The van der Waals surface area contributed by atoms with Crippen LogP contribution in [0.3, 0.4) is 0 Å². The summed E-state index contributed by atoms with van der Waals surface area (Å²) in [5, 5.41) is 3.20. The Kier molecular flexibility index (Phi) is 7.85. The first-order chi connectivity index (χ1) is 14.0. The zero-order chi connectivity index (χ0) is 20.6. The Morgan fingerprint density at radius 1 is 1.14 bits per heavy atom. The predicted molar refractivity (Wildman–Crippen MR) is 123 cm³/mol. The van der Waals surface area contributed by atoms with Gasteiger partial charge in [0.25, 0.3) is 5.56 Å². The summed E-state index contributed by atoms with van der Waals surface area (Å²) in [6.45, 7) is 3.69. The molecular weight excluding hydrogens is 402 g/mol. The van der Waals surface area contributed by atoms with E-state index in [9.17, 15) is 4.79 Å². The van der Waals surface area contributed by atoms with E-state index >= 15 is 0 Å². The van der Waals surface area contributed by atoms with Crippen LogP contribution in [0.1, 0.15) is 26.6 Å². The normalized spacial score (nSPS) is 11.2. The van der Waals surface area contributed by atoms with Gasteiger partial charge in [-0.15, -0.1) is 11.3 Å². The molecule has 0 saturated carbocycles. The molecule has 0 aromatic carbocycles. The maximum absolute atomic E-state index is 12.3. The molecule has 0 bridgehead atoms. The van der Waals surface area contributed by atoms with E-state index in [0.29, 0.717) is 17.9 Å². The van der Waals surface area contributed by atoms with Crippen LogP contribution in [0.2, 0.25) is 0 Å². The number of nitrogens with zero attached hydrogens (tertiary/aromatic N) is 3. The summed E-state index contributed by atoms with van der Waals surface area (Å²) < 4.78 is 0. The van der Waals surface area contributed by atoms with E-state index in [1.165, 1.54) is 9.75 Å². The predicted octanol–water partition coefficient (Wildman–Crippen LogP) is 3.53. The molecule has 6 nitrogen and oxygen atoms in total. The van der Waals surface area contributed by atoms with Crippen molar-refractivity contribution in [2.45, 2.75) is 25.6 Å². The summed E-state index contributed by atoms with van der Waals surface area (Å²) in [5.74, 6) is 2.47. The Labute approximate surface area is 179 Å². The highest BCUT2D eigenvalue weighted by molar-refractivity contribution is 7.98. The maximum Gasteiger partial charge on any atom is 0.255 e. The molecule has 0 unspecified atom stereocenters. The fourth-order valence-electron chi connectivity index (χ4n) is 2.77.